The van der Waals surface area contributed by atoms with Crippen LogP contribution in [0.3, 0.4) is 0 Å². The first-order valence-electron chi connectivity index (χ1n) is 8.09. The number of benzene rings is 2. The molecule has 1 saturated heterocycles. The van der Waals surface area contributed by atoms with E-state index in [-0.39, 0.29) is 16.7 Å². The highest BCUT2D eigenvalue weighted by Gasteiger charge is 2.32. The Hall–Kier alpha value is -1.89. The van der Waals surface area contributed by atoms with Gasteiger partial charge in [-0.25, -0.2) is 8.42 Å². The Bertz CT molecular complexity index is 848. The van der Waals surface area contributed by atoms with Crippen LogP contribution < -0.4 is 5.32 Å². The topological polar surface area (TPSA) is 66.5 Å². The largest absolute Gasteiger partial charge is 0.325 e. The molecule has 2 aromatic rings. The van der Waals surface area contributed by atoms with Crippen molar-refractivity contribution in [1.29, 1.82) is 0 Å². The van der Waals surface area contributed by atoms with Gasteiger partial charge < -0.3 is 5.32 Å². The van der Waals surface area contributed by atoms with E-state index in [9.17, 15) is 13.2 Å². The van der Waals surface area contributed by atoms with Gasteiger partial charge in [0.1, 0.15) is 0 Å². The lowest BCUT2D eigenvalue weighted by atomic mass is 9.97. The fourth-order valence-corrected chi connectivity index (χ4v) is 4.57. The third-order valence-corrected chi connectivity index (χ3v) is 6.58. The zero-order valence-corrected chi connectivity index (χ0v) is 15.1. The molecular formula is C18H19ClN2O3S. The van der Waals surface area contributed by atoms with Crippen molar-refractivity contribution in [1.82, 2.24) is 4.31 Å². The summed E-state index contributed by atoms with van der Waals surface area (Å²) in [6.45, 7) is 0.662. The van der Waals surface area contributed by atoms with Gasteiger partial charge in [0.25, 0.3) is 0 Å². The van der Waals surface area contributed by atoms with E-state index in [4.69, 9.17) is 11.6 Å². The van der Waals surface area contributed by atoms with Gasteiger partial charge in [0.15, 0.2) is 0 Å². The van der Waals surface area contributed by atoms with Gasteiger partial charge >= 0.3 is 0 Å². The van der Waals surface area contributed by atoms with E-state index in [0.29, 0.717) is 36.6 Å². The highest BCUT2D eigenvalue weighted by molar-refractivity contribution is 7.89. The average Bonchev–Trinajstić information content (AvgIpc) is 2.64. The highest BCUT2D eigenvalue weighted by atomic mass is 35.5. The predicted octanol–water partition coefficient (Wildman–Crippen LogP) is 3.38. The summed E-state index contributed by atoms with van der Waals surface area (Å²) in [7, 11) is -3.50. The maximum Gasteiger partial charge on any atom is 0.243 e. The van der Waals surface area contributed by atoms with Crippen molar-refractivity contribution in [3.63, 3.8) is 0 Å². The molecule has 1 heterocycles. The minimum absolute atomic E-state index is 0.121. The molecule has 0 bridgehead atoms. The first-order chi connectivity index (χ1) is 12.0. The number of sulfonamides is 1. The van der Waals surface area contributed by atoms with Crippen LogP contribution in [0, 0.1) is 5.92 Å². The number of hydrogen-bond donors (Lipinski definition) is 1. The Kier molecular flexibility index (Phi) is 5.42. The van der Waals surface area contributed by atoms with E-state index in [0.717, 1.165) is 0 Å². The van der Waals surface area contributed by atoms with Crippen LogP contribution in [0.25, 0.3) is 0 Å². The Balaban J connectivity index is 1.62. The summed E-state index contributed by atoms with van der Waals surface area (Å²) in [5.74, 6) is -0.344. The van der Waals surface area contributed by atoms with Gasteiger partial charge in [0.05, 0.1) is 15.6 Å². The molecular weight excluding hydrogens is 360 g/mol. The zero-order valence-electron chi connectivity index (χ0n) is 13.6. The van der Waals surface area contributed by atoms with Crippen molar-refractivity contribution in [2.75, 3.05) is 18.4 Å². The summed E-state index contributed by atoms with van der Waals surface area (Å²) in [6.07, 6.45) is 0.977. The number of nitrogens with one attached hydrogen (secondary N) is 1. The number of carbonyl (C=O) groups excluding carboxylic acids is 1. The third-order valence-electron chi connectivity index (χ3n) is 4.34. The number of para-hydroxylation sites is 1. The molecule has 0 aromatic heterocycles. The van der Waals surface area contributed by atoms with Gasteiger partial charge in [-0.05, 0) is 37.1 Å². The maximum atomic E-state index is 12.6. The van der Waals surface area contributed by atoms with E-state index in [1.165, 1.54) is 4.31 Å². The summed E-state index contributed by atoms with van der Waals surface area (Å²) >= 11 is 6.06. The molecule has 0 atom stereocenters. The van der Waals surface area contributed by atoms with Crippen molar-refractivity contribution in [3.05, 3.63) is 59.6 Å². The van der Waals surface area contributed by atoms with Crippen molar-refractivity contribution in [2.45, 2.75) is 17.7 Å². The smallest absolute Gasteiger partial charge is 0.243 e. The lowest BCUT2D eigenvalue weighted by molar-refractivity contribution is -0.120. The predicted molar refractivity (Wildman–Crippen MR) is 98.0 cm³/mol. The van der Waals surface area contributed by atoms with Crippen LogP contribution in [0.15, 0.2) is 59.5 Å². The first kappa shape index (κ1) is 17.9. The average molecular weight is 379 g/mol. The minimum atomic E-state index is -3.50. The van der Waals surface area contributed by atoms with Gasteiger partial charge in [0, 0.05) is 19.0 Å². The van der Waals surface area contributed by atoms with Crippen molar-refractivity contribution >= 4 is 33.2 Å². The molecule has 0 saturated carbocycles. The van der Waals surface area contributed by atoms with E-state index in [1.807, 2.05) is 0 Å². The van der Waals surface area contributed by atoms with Crippen LogP contribution in [-0.2, 0) is 14.8 Å². The molecule has 1 amide bonds. The fraction of sp³-hybridized carbons (Fsp3) is 0.278. The Morgan fingerprint density at radius 3 is 2.24 bits per heavy atom. The van der Waals surface area contributed by atoms with Crippen molar-refractivity contribution in [2.24, 2.45) is 5.92 Å². The fourth-order valence-electron chi connectivity index (χ4n) is 2.90. The molecule has 132 valence electrons. The van der Waals surface area contributed by atoms with Gasteiger partial charge in [0.2, 0.25) is 15.9 Å². The minimum Gasteiger partial charge on any atom is -0.325 e. The normalized spacial score (nSPS) is 16.5. The number of hydrogen-bond acceptors (Lipinski definition) is 3. The van der Waals surface area contributed by atoms with Crippen molar-refractivity contribution < 1.29 is 13.2 Å². The molecule has 0 unspecified atom stereocenters. The van der Waals surface area contributed by atoms with Crippen molar-refractivity contribution in [3.8, 4) is 0 Å². The number of piperidine rings is 1. The zero-order chi connectivity index (χ0) is 17.9. The number of anilines is 1. The lowest BCUT2D eigenvalue weighted by Gasteiger charge is -2.30. The second-order valence-electron chi connectivity index (χ2n) is 5.96. The van der Waals surface area contributed by atoms with E-state index in [1.54, 1.807) is 54.6 Å². The molecule has 1 aliphatic heterocycles. The Labute approximate surface area is 152 Å². The number of amides is 1. The van der Waals surface area contributed by atoms with Crippen LogP contribution in [0.2, 0.25) is 5.02 Å². The van der Waals surface area contributed by atoms with Gasteiger partial charge in [-0.15, -0.1) is 0 Å². The Morgan fingerprint density at radius 1 is 1.00 bits per heavy atom. The SMILES string of the molecule is O=C(Nc1ccccc1Cl)C1CCN(S(=O)(=O)c2ccccc2)CC1. The highest BCUT2D eigenvalue weighted by Crippen LogP contribution is 2.26. The summed E-state index contributed by atoms with van der Waals surface area (Å²) in [6, 6.07) is 15.4. The second-order valence-corrected chi connectivity index (χ2v) is 8.31. The molecule has 0 aliphatic carbocycles. The van der Waals surface area contributed by atoms with E-state index >= 15 is 0 Å². The lowest BCUT2D eigenvalue weighted by Crippen LogP contribution is -2.41. The molecule has 0 spiro atoms. The molecule has 0 radical (unpaired) electrons. The maximum absolute atomic E-state index is 12.6. The summed E-state index contributed by atoms with van der Waals surface area (Å²) in [5, 5.41) is 3.31. The van der Waals surface area contributed by atoms with Crippen LogP contribution in [0.4, 0.5) is 5.69 Å². The number of nitrogens with zero attached hydrogens (tertiary/aromatic N) is 1. The molecule has 1 N–H and O–H groups in total. The van der Waals surface area contributed by atoms with Crippen LogP contribution >= 0.6 is 11.6 Å². The summed E-state index contributed by atoms with van der Waals surface area (Å²) in [5.41, 5.74) is 0.577. The number of carbonyl (C=O) groups is 1. The molecule has 7 heteroatoms. The quantitative estimate of drug-likeness (QED) is 0.886. The first-order valence-corrected chi connectivity index (χ1v) is 9.91. The standard InChI is InChI=1S/C18H19ClN2O3S/c19-16-8-4-5-9-17(16)20-18(22)14-10-12-21(13-11-14)25(23,24)15-6-2-1-3-7-15/h1-9,14H,10-13H2,(H,20,22). The van der Waals surface area contributed by atoms with Crippen LogP contribution in [0.1, 0.15) is 12.8 Å². The summed E-state index contributed by atoms with van der Waals surface area (Å²) in [4.78, 5) is 12.7. The molecule has 1 fully saturated rings. The monoisotopic (exact) mass is 378 g/mol. The Morgan fingerprint density at radius 2 is 1.60 bits per heavy atom. The van der Waals surface area contributed by atoms with Gasteiger partial charge in [-0.1, -0.05) is 41.9 Å². The number of halogens is 1. The van der Waals surface area contributed by atoms with Gasteiger partial charge in [-0.2, -0.15) is 4.31 Å². The third kappa shape index (κ3) is 4.03. The van der Waals surface area contributed by atoms with E-state index in [2.05, 4.69) is 5.32 Å². The number of rotatable bonds is 4. The van der Waals surface area contributed by atoms with Gasteiger partial charge in [-0.3, -0.25) is 4.79 Å². The molecule has 1 aliphatic rings. The summed E-state index contributed by atoms with van der Waals surface area (Å²) < 4.78 is 26.7. The van der Waals surface area contributed by atoms with E-state index < -0.39 is 10.0 Å². The van der Waals surface area contributed by atoms with Crippen LogP contribution in [-0.4, -0.2) is 31.7 Å². The van der Waals surface area contributed by atoms with Crippen LogP contribution in [0.5, 0.6) is 0 Å². The molecule has 3 rings (SSSR count). The molecule has 25 heavy (non-hydrogen) atoms. The molecule has 5 nitrogen and oxygen atoms in total. The molecule has 2 aromatic carbocycles. The second kappa shape index (κ2) is 7.56.